The number of anilines is 1. The van der Waals surface area contributed by atoms with E-state index in [0.29, 0.717) is 63.7 Å². The molecule has 2 aliphatic rings. The van der Waals surface area contributed by atoms with E-state index in [1.165, 1.54) is 27.7 Å². The predicted molar refractivity (Wildman–Crippen MR) is 172 cm³/mol. The smallest absolute Gasteiger partial charge is 0.296 e. The number of amides is 1. The second kappa shape index (κ2) is 12.3. The van der Waals surface area contributed by atoms with Crippen LogP contribution in [0.1, 0.15) is 37.9 Å². The Balaban J connectivity index is 1.45. The number of halogens is 2. The Morgan fingerprint density at radius 1 is 1.00 bits per heavy atom. The standard InChI is InChI=1S/C31H27Cl2N7O4S/c1-18-4-3-5-28(26-12-19(10-11-34-26)22-14-21(45(2,43)44)7-8-24(22)36-31(18)42)39-17-35-25(15-30(39)41)23-13-20(32)6-9-27(23)40-16-29(33)37-38-40/h6-18,28-29H,3-5H2,1-2H3/p+1/t18-,28+,29?/m1/s1. The van der Waals surface area contributed by atoms with Crippen LogP contribution in [-0.4, -0.2) is 51.5 Å². The number of benzene rings is 2. The fourth-order valence-electron chi connectivity index (χ4n) is 5.45. The number of nitrogens with zero attached hydrogens (tertiary/aromatic N) is 6. The van der Waals surface area contributed by atoms with Crippen LogP contribution < -0.4 is 10.9 Å². The van der Waals surface area contributed by atoms with Crippen LogP contribution in [0.4, 0.5) is 11.4 Å². The van der Waals surface area contributed by atoms with Gasteiger partial charge in [0, 0.05) is 40.7 Å². The maximum Gasteiger partial charge on any atom is 0.296 e. The Morgan fingerprint density at radius 3 is 2.56 bits per heavy atom. The van der Waals surface area contributed by atoms with E-state index >= 15 is 0 Å². The highest BCUT2D eigenvalue weighted by atomic mass is 35.5. The number of carbonyl (C=O) groups is 1. The van der Waals surface area contributed by atoms with Crippen molar-refractivity contribution in [1.82, 2.24) is 14.5 Å². The molecule has 0 radical (unpaired) electrons. The van der Waals surface area contributed by atoms with Crippen molar-refractivity contribution in [3.8, 4) is 22.4 Å². The number of hydrogen-bond acceptors (Lipinski definition) is 8. The van der Waals surface area contributed by atoms with Crippen LogP contribution >= 0.6 is 23.2 Å². The minimum atomic E-state index is -3.52. The highest BCUT2D eigenvalue weighted by Crippen LogP contribution is 2.35. The Bertz CT molecular complexity index is 2060. The molecular formula is C31H28Cl2N7O4S+. The zero-order valence-corrected chi connectivity index (χ0v) is 26.6. The van der Waals surface area contributed by atoms with E-state index in [-0.39, 0.29) is 22.3 Å². The molecule has 1 amide bonds. The molecule has 0 saturated heterocycles. The van der Waals surface area contributed by atoms with Crippen molar-refractivity contribution in [2.75, 3.05) is 11.6 Å². The topological polar surface area (TPSA) is 139 Å². The van der Waals surface area contributed by atoms with Crippen molar-refractivity contribution in [2.24, 2.45) is 16.3 Å². The number of nitrogens with one attached hydrogen (secondary N) is 1. The average molecular weight is 666 g/mol. The summed E-state index contributed by atoms with van der Waals surface area (Å²) >= 11 is 12.4. The summed E-state index contributed by atoms with van der Waals surface area (Å²) in [4.78, 5) is 36.3. The number of rotatable bonds is 4. The third-order valence-electron chi connectivity index (χ3n) is 7.85. The summed E-state index contributed by atoms with van der Waals surface area (Å²) in [6.07, 6.45) is 7.56. The minimum Gasteiger partial charge on any atom is -0.325 e. The summed E-state index contributed by atoms with van der Waals surface area (Å²) in [6, 6.07) is 14.3. The number of hydrogen-bond donors (Lipinski definition) is 1. The Kier molecular flexibility index (Phi) is 8.38. The normalized spacial score (nSPS) is 20.0. The predicted octanol–water partition coefficient (Wildman–Crippen LogP) is 6.04. The van der Waals surface area contributed by atoms with Crippen LogP contribution in [0.2, 0.25) is 5.02 Å². The summed E-state index contributed by atoms with van der Waals surface area (Å²) in [6.45, 7) is 1.84. The van der Waals surface area contributed by atoms with Crippen molar-refractivity contribution in [3.05, 3.63) is 88.2 Å². The van der Waals surface area contributed by atoms with Crippen LogP contribution in [0.3, 0.4) is 0 Å². The molecule has 11 nitrogen and oxygen atoms in total. The fraction of sp³-hybridized carbons (Fsp3) is 0.258. The number of aromatic nitrogens is 3. The Hall–Kier alpha value is -4.26. The molecule has 2 aromatic carbocycles. The molecule has 0 spiro atoms. The number of pyridine rings is 1. The molecule has 1 N–H and O–H groups in total. The van der Waals surface area contributed by atoms with Gasteiger partial charge in [0.2, 0.25) is 5.91 Å². The second-order valence-corrected chi connectivity index (χ2v) is 13.9. The minimum absolute atomic E-state index is 0.122. The lowest BCUT2D eigenvalue weighted by molar-refractivity contribution is -0.443. The van der Waals surface area contributed by atoms with Crippen molar-refractivity contribution >= 4 is 56.5 Å². The summed E-state index contributed by atoms with van der Waals surface area (Å²) < 4.78 is 27.8. The zero-order chi connectivity index (χ0) is 31.9. The molecule has 2 bridgehead atoms. The maximum absolute atomic E-state index is 13.8. The van der Waals surface area contributed by atoms with Crippen molar-refractivity contribution < 1.29 is 17.9 Å². The van der Waals surface area contributed by atoms with Gasteiger partial charge in [-0.3, -0.25) is 19.1 Å². The third-order valence-corrected chi connectivity index (χ3v) is 9.39. The first-order valence-corrected chi connectivity index (χ1v) is 16.9. The SMILES string of the molecule is C[C@@H]1CCC[C@H](n2cnc(-c3cc(Cl)ccc3[N+]3=CC(Cl)N=N3)cc2=O)c2cc(ccn2)-c2cc(S(C)(=O)=O)ccc2NC1=O. The Morgan fingerprint density at radius 2 is 1.82 bits per heavy atom. The molecule has 2 aliphatic heterocycles. The van der Waals surface area contributed by atoms with Crippen molar-refractivity contribution in [3.63, 3.8) is 0 Å². The summed E-state index contributed by atoms with van der Waals surface area (Å²) in [7, 11) is -3.52. The van der Waals surface area contributed by atoms with E-state index in [1.54, 1.807) is 48.8 Å². The van der Waals surface area contributed by atoms with Crippen LogP contribution in [0.15, 0.2) is 87.1 Å². The van der Waals surface area contributed by atoms with E-state index < -0.39 is 21.4 Å². The van der Waals surface area contributed by atoms with Crippen molar-refractivity contribution in [2.45, 2.75) is 42.6 Å². The molecule has 0 saturated carbocycles. The highest BCUT2D eigenvalue weighted by molar-refractivity contribution is 7.90. The van der Waals surface area contributed by atoms with Crippen LogP contribution in [0, 0.1) is 5.92 Å². The van der Waals surface area contributed by atoms with E-state index in [4.69, 9.17) is 23.2 Å². The molecule has 0 fully saturated rings. The third kappa shape index (κ3) is 6.44. The van der Waals surface area contributed by atoms with Crippen LogP contribution in [0.5, 0.6) is 0 Å². The van der Waals surface area contributed by atoms with Gasteiger partial charge in [-0.1, -0.05) is 36.5 Å². The summed E-state index contributed by atoms with van der Waals surface area (Å²) in [5.74, 6) is -0.505. The molecule has 3 atom stereocenters. The van der Waals surface area contributed by atoms with E-state index in [0.717, 1.165) is 6.26 Å². The molecule has 14 heteroatoms. The van der Waals surface area contributed by atoms with E-state index in [2.05, 4.69) is 25.6 Å². The van der Waals surface area contributed by atoms with Gasteiger partial charge in [0.1, 0.15) is 5.22 Å². The van der Waals surface area contributed by atoms with Crippen LogP contribution in [-0.2, 0) is 14.6 Å². The maximum atomic E-state index is 13.8. The molecule has 2 aromatic heterocycles. The van der Waals surface area contributed by atoms with Gasteiger partial charge in [-0.25, -0.2) is 13.4 Å². The fourth-order valence-corrected chi connectivity index (χ4v) is 6.41. The van der Waals surface area contributed by atoms with Gasteiger partial charge < -0.3 is 5.32 Å². The largest absolute Gasteiger partial charge is 0.325 e. The lowest BCUT2D eigenvalue weighted by Gasteiger charge is -2.23. The van der Waals surface area contributed by atoms with Crippen molar-refractivity contribution in [1.29, 1.82) is 0 Å². The number of sulfone groups is 1. The van der Waals surface area contributed by atoms with Gasteiger partial charge in [-0.05, 0) is 66.9 Å². The zero-order valence-electron chi connectivity index (χ0n) is 24.3. The van der Waals surface area contributed by atoms with Gasteiger partial charge in [0.15, 0.2) is 21.7 Å². The molecule has 0 aliphatic carbocycles. The van der Waals surface area contributed by atoms with Gasteiger partial charge in [0.05, 0.1) is 39.3 Å². The summed E-state index contributed by atoms with van der Waals surface area (Å²) in [5.41, 5.74) is 2.91. The molecule has 1 unspecified atom stereocenters. The monoisotopic (exact) mass is 664 g/mol. The first-order valence-electron chi connectivity index (χ1n) is 14.2. The highest BCUT2D eigenvalue weighted by Gasteiger charge is 2.26. The van der Waals surface area contributed by atoms with Gasteiger partial charge in [0.25, 0.3) is 11.1 Å². The van der Waals surface area contributed by atoms with Crippen LogP contribution in [0.25, 0.3) is 22.4 Å². The number of alkyl halides is 1. The van der Waals surface area contributed by atoms with E-state index in [1.807, 2.05) is 13.0 Å². The van der Waals surface area contributed by atoms with Gasteiger partial charge in [-0.15, -0.1) is 4.68 Å². The molecular weight excluding hydrogens is 637 g/mol. The molecule has 6 rings (SSSR count). The lowest BCUT2D eigenvalue weighted by atomic mass is 9.95. The number of fused-ring (bicyclic) bond motifs is 4. The van der Waals surface area contributed by atoms with E-state index in [9.17, 15) is 18.0 Å². The van der Waals surface area contributed by atoms with Gasteiger partial charge in [-0.2, -0.15) is 0 Å². The first-order chi connectivity index (χ1) is 21.5. The van der Waals surface area contributed by atoms with Gasteiger partial charge >= 0.3 is 0 Å². The summed E-state index contributed by atoms with van der Waals surface area (Å²) in [5, 5.41) is 11.4. The first kappa shape index (κ1) is 30.8. The second-order valence-electron chi connectivity index (χ2n) is 11.0. The lowest BCUT2D eigenvalue weighted by Crippen LogP contribution is -2.27. The average Bonchev–Trinajstić information content (AvgIpc) is 3.44. The molecule has 230 valence electrons. The molecule has 45 heavy (non-hydrogen) atoms. The molecule has 4 heterocycles. The Labute approximate surface area is 269 Å². The number of carbonyl (C=O) groups excluding carboxylic acids is 1. The quantitative estimate of drug-likeness (QED) is 0.160. The molecule has 4 aromatic rings.